The normalized spacial score (nSPS) is 13.1. The number of amides is 1. The first-order valence-electron chi connectivity index (χ1n) is 12.4. The van der Waals surface area contributed by atoms with Gasteiger partial charge in [0.1, 0.15) is 11.5 Å². The maximum absolute atomic E-state index is 12.4. The Kier molecular flexibility index (Phi) is 10.2. The molecule has 3 aromatic carbocycles. The second-order valence-electron chi connectivity index (χ2n) is 9.43. The number of nitrogens with one attached hydrogen (secondary N) is 2. The number of alkyl halides is 3. The van der Waals surface area contributed by atoms with Crippen LogP contribution in [0.15, 0.2) is 66.7 Å². The summed E-state index contributed by atoms with van der Waals surface area (Å²) in [5.74, 6) is -0.216. The molecule has 4 N–H and O–H groups in total. The SMILES string of the molecule is CC(CN[C@H](C)Cc1cccc(CC(=O)NCc2ccc(OC(F)(F)F)cc2)c1)c1ccc(O)c(CO)c1. The number of benzene rings is 3. The van der Waals surface area contributed by atoms with Gasteiger partial charge in [0.25, 0.3) is 0 Å². The van der Waals surface area contributed by atoms with Crippen molar-refractivity contribution in [2.45, 2.75) is 58.2 Å². The average molecular weight is 531 g/mol. The van der Waals surface area contributed by atoms with Crippen LogP contribution >= 0.6 is 0 Å². The monoisotopic (exact) mass is 530 g/mol. The van der Waals surface area contributed by atoms with Crippen molar-refractivity contribution in [1.82, 2.24) is 10.6 Å². The zero-order valence-electron chi connectivity index (χ0n) is 21.4. The van der Waals surface area contributed by atoms with Crippen molar-refractivity contribution in [3.8, 4) is 11.5 Å². The zero-order chi connectivity index (χ0) is 27.7. The van der Waals surface area contributed by atoms with Crippen molar-refractivity contribution in [2.75, 3.05) is 6.54 Å². The number of rotatable bonds is 12. The van der Waals surface area contributed by atoms with Crippen LogP contribution < -0.4 is 15.4 Å². The second-order valence-corrected chi connectivity index (χ2v) is 9.43. The highest BCUT2D eigenvalue weighted by atomic mass is 19.4. The van der Waals surface area contributed by atoms with Crippen molar-refractivity contribution >= 4 is 5.91 Å². The molecule has 0 bridgehead atoms. The summed E-state index contributed by atoms with van der Waals surface area (Å²) in [6.45, 7) is 4.88. The molecule has 0 aromatic heterocycles. The second kappa shape index (κ2) is 13.3. The molecular formula is C29H33F3N2O4. The topological polar surface area (TPSA) is 90.8 Å². The van der Waals surface area contributed by atoms with Crippen molar-refractivity contribution in [1.29, 1.82) is 0 Å². The van der Waals surface area contributed by atoms with Gasteiger partial charge in [-0.15, -0.1) is 13.2 Å². The summed E-state index contributed by atoms with van der Waals surface area (Å²) in [6.07, 6.45) is -3.78. The molecule has 204 valence electrons. The van der Waals surface area contributed by atoms with Gasteiger partial charge >= 0.3 is 6.36 Å². The molecule has 0 radical (unpaired) electrons. The van der Waals surface area contributed by atoms with Gasteiger partial charge in [-0.3, -0.25) is 4.79 Å². The molecule has 0 aliphatic carbocycles. The summed E-state index contributed by atoms with van der Waals surface area (Å²) in [5, 5.41) is 25.4. The third kappa shape index (κ3) is 9.39. The summed E-state index contributed by atoms with van der Waals surface area (Å²) in [7, 11) is 0. The van der Waals surface area contributed by atoms with Crippen LogP contribution in [0.1, 0.15) is 47.6 Å². The summed E-state index contributed by atoms with van der Waals surface area (Å²) in [6, 6.07) is 18.7. The molecule has 6 nitrogen and oxygen atoms in total. The number of carbonyl (C=O) groups is 1. The standard InChI is InChI=1S/C29H33F3N2O4/c1-19(24-8-11-27(36)25(15-24)18-35)16-33-20(2)12-22-4-3-5-23(13-22)14-28(37)34-17-21-6-9-26(10-7-21)38-29(30,31)32/h3-11,13,15,19-20,33,35-36H,12,14,16-18H2,1-2H3,(H,34,37)/t19?,20-/m1/s1. The van der Waals surface area contributed by atoms with Gasteiger partial charge in [-0.1, -0.05) is 49.4 Å². The Bertz CT molecular complexity index is 1200. The fraction of sp³-hybridized carbons (Fsp3) is 0.345. The summed E-state index contributed by atoms with van der Waals surface area (Å²) >= 11 is 0. The predicted octanol–water partition coefficient (Wildman–Crippen LogP) is 4.97. The average Bonchev–Trinajstić information content (AvgIpc) is 2.86. The Balaban J connectivity index is 1.45. The van der Waals surface area contributed by atoms with Gasteiger partial charge in [-0.05, 0) is 65.8 Å². The predicted molar refractivity (Wildman–Crippen MR) is 139 cm³/mol. The third-order valence-electron chi connectivity index (χ3n) is 6.16. The van der Waals surface area contributed by atoms with Crippen LogP contribution in [0.3, 0.4) is 0 Å². The van der Waals surface area contributed by atoms with Crippen LogP contribution in [0.5, 0.6) is 11.5 Å². The highest BCUT2D eigenvalue weighted by molar-refractivity contribution is 5.78. The first-order valence-corrected chi connectivity index (χ1v) is 12.4. The van der Waals surface area contributed by atoms with Gasteiger partial charge in [0.05, 0.1) is 13.0 Å². The minimum atomic E-state index is -4.74. The van der Waals surface area contributed by atoms with E-state index >= 15 is 0 Å². The van der Waals surface area contributed by atoms with Gasteiger partial charge in [-0.25, -0.2) is 0 Å². The number of carbonyl (C=O) groups excluding carboxylic acids is 1. The third-order valence-corrected chi connectivity index (χ3v) is 6.16. The largest absolute Gasteiger partial charge is 0.573 e. The molecule has 3 rings (SSSR count). The molecule has 3 aromatic rings. The van der Waals surface area contributed by atoms with Crippen molar-refractivity contribution in [3.05, 3.63) is 94.5 Å². The lowest BCUT2D eigenvalue weighted by Crippen LogP contribution is -2.31. The van der Waals surface area contributed by atoms with E-state index in [9.17, 15) is 28.2 Å². The van der Waals surface area contributed by atoms with Gasteiger partial charge in [-0.2, -0.15) is 0 Å². The van der Waals surface area contributed by atoms with Crippen LogP contribution in [-0.2, 0) is 30.8 Å². The number of hydrogen-bond donors (Lipinski definition) is 4. The number of aliphatic hydroxyl groups is 1. The van der Waals surface area contributed by atoms with Crippen LogP contribution in [0.25, 0.3) is 0 Å². The molecule has 1 amide bonds. The van der Waals surface area contributed by atoms with E-state index in [-0.39, 0.29) is 48.9 Å². The van der Waals surface area contributed by atoms with Crippen LogP contribution in [0.2, 0.25) is 0 Å². The van der Waals surface area contributed by atoms with Gasteiger partial charge in [0.2, 0.25) is 5.91 Å². The summed E-state index contributed by atoms with van der Waals surface area (Å²) in [4.78, 5) is 12.4. The van der Waals surface area contributed by atoms with E-state index in [1.54, 1.807) is 6.07 Å². The summed E-state index contributed by atoms with van der Waals surface area (Å²) < 4.78 is 40.7. The lowest BCUT2D eigenvalue weighted by molar-refractivity contribution is -0.274. The minimum Gasteiger partial charge on any atom is -0.508 e. The number of halogens is 3. The zero-order valence-corrected chi connectivity index (χ0v) is 21.4. The number of phenols is 1. The minimum absolute atomic E-state index is 0.0898. The van der Waals surface area contributed by atoms with E-state index in [2.05, 4.69) is 29.2 Å². The van der Waals surface area contributed by atoms with Crippen LogP contribution in [0.4, 0.5) is 13.2 Å². The Morgan fingerprint density at radius 3 is 2.37 bits per heavy atom. The first kappa shape index (κ1) is 29.0. The number of aliphatic hydroxyl groups excluding tert-OH is 1. The molecule has 0 aliphatic heterocycles. The lowest BCUT2D eigenvalue weighted by Gasteiger charge is -2.19. The molecule has 0 aliphatic rings. The van der Waals surface area contributed by atoms with E-state index in [0.717, 1.165) is 29.7 Å². The molecule has 0 saturated carbocycles. The van der Waals surface area contributed by atoms with E-state index in [0.29, 0.717) is 11.1 Å². The van der Waals surface area contributed by atoms with Crippen molar-refractivity contribution in [2.24, 2.45) is 0 Å². The highest BCUT2D eigenvalue weighted by Gasteiger charge is 2.30. The summed E-state index contributed by atoms with van der Waals surface area (Å²) in [5.41, 5.74) is 4.17. The Morgan fingerprint density at radius 1 is 0.974 bits per heavy atom. The fourth-order valence-corrected chi connectivity index (χ4v) is 4.08. The smallest absolute Gasteiger partial charge is 0.508 e. The molecule has 0 fully saturated rings. The van der Waals surface area contributed by atoms with Gasteiger partial charge < -0.3 is 25.6 Å². The molecule has 9 heteroatoms. The van der Waals surface area contributed by atoms with E-state index in [1.807, 2.05) is 36.4 Å². The number of hydrogen-bond acceptors (Lipinski definition) is 5. The number of aromatic hydroxyl groups is 1. The van der Waals surface area contributed by atoms with Crippen LogP contribution in [-0.4, -0.2) is 35.1 Å². The maximum Gasteiger partial charge on any atom is 0.573 e. The highest BCUT2D eigenvalue weighted by Crippen LogP contribution is 2.24. The van der Waals surface area contributed by atoms with Gasteiger partial charge in [0, 0.05) is 24.7 Å². The van der Waals surface area contributed by atoms with E-state index in [1.165, 1.54) is 24.3 Å². The Morgan fingerprint density at radius 2 is 1.68 bits per heavy atom. The van der Waals surface area contributed by atoms with Crippen LogP contribution in [0, 0.1) is 0 Å². The maximum atomic E-state index is 12.4. The molecule has 0 spiro atoms. The Labute approximate surface area is 220 Å². The fourth-order valence-electron chi connectivity index (χ4n) is 4.08. The number of ether oxygens (including phenoxy) is 1. The van der Waals surface area contributed by atoms with Gasteiger partial charge in [0.15, 0.2) is 0 Å². The lowest BCUT2D eigenvalue weighted by atomic mass is 9.97. The quantitative estimate of drug-likeness (QED) is 0.266. The first-order chi connectivity index (χ1) is 18.0. The molecule has 0 heterocycles. The molecular weight excluding hydrogens is 497 g/mol. The Hall–Kier alpha value is -3.56. The van der Waals surface area contributed by atoms with E-state index in [4.69, 9.17) is 0 Å². The molecule has 1 unspecified atom stereocenters. The molecule has 38 heavy (non-hydrogen) atoms. The van der Waals surface area contributed by atoms with Crippen molar-refractivity contribution in [3.63, 3.8) is 0 Å². The van der Waals surface area contributed by atoms with Crippen molar-refractivity contribution < 1.29 is 32.9 Å². The molecule has 2 atom stereocenters. The molecule has 0 saturated heterocycles. The van der Waals surface area contributed by atoms with E-state index < -0.39 is 6.36 Å².